The number of nitrogens with one attached hydrogen (secondary N) is 2. The van der Waals surface area contributed by atoms with E-state index in [4.69, 9.17) is 0 Å². The van der Waals surface area contributed by atoms with Crippen LogP contribution < -0.4 is 10.6 Å². The fourth-order valence-electron chi connectivity index (χ4n) is 2.14. The van der Waals surface area contributed by atoms with Crippen molar-refractivity contribution < 1.29 is 9.00 Å². The predicted octanol–water partition coefficient (Wildman–Crippen LogP) is 2.49. The monoisotopic (exact) mass is 331 g/mol. The minimum absolute atomic E-state index is 0.106. The van der Waals surface area contributed by atoms with Gasteiger partial charge in [0.05, 0.1) is 6.04 Å². The normalized spacial score (nSPS) is 13.1. The molecule has 0 unspecified atom stereocenters. The van der Waals surface area contributed by atoms with Gasteiger partial charge in [-0.15, -0.1) is 0 Å². The maximum atomic E-state index is 11.8. The second-order valence-corrected chi connectivity index (χ2v) is 6.82. The molecule has 2 rings (SSSR count). The summed E-state index contributed by atoms with van der Waals surface area (Å²) in [7, 11) is -0.899. The second-order valence-electron chi connectivity index (χ2n) is 5.26. The van der Waals surface area contributed by atoms with Crippen LogP contribution in [0.1, 0.15) is 18.5 Å². The lowest BCUT2D eigenvalue weighted by molar-refractivity contribution is 0.238. The maximum absolute atomic E-state index is 11.8. The molecule has 0 bridgehead atoms. The summed E-state index contributed by atoms with van der Waals surface area (Å²) in [5.74, 6) is 0.460. The first-order valence-corrected chi connectivity index (χ1v) is 9.13. The van der Waals surface area contributed by atoms with Gasteiger partial charge in [-0.2, -0.15) is 0 Å². The Labute approximate surface area is 139 Å². The van der Waals surface area contributed by atoms with E-state index in [1.165, 1.54) is 0 Å². The number of amides is 2. The molecule has 1 aromatic carbocycles. The molecule has 2 atom stereocenters. The van der Waals surface area contributed by atoms with Gasteiger partial charge in [-0.3, -0.25) is 9.19 Å². The first-order chi connectivity index (χ1) is 11.1. The highest BCUT2D eigenvalue weighted by Crippen LogP contribution is 2.21. The van der Waals surface area contributed by atoms with Crippen LogP contribution in [0.4, 0.5) is 4.79 Å². The minimum Gasteiger partial charge on any atom is -0.337 e. The SMILES string of the molecule is C[C@@H](NC(=O)NCC[S@](C)=O)c1ccc(-c2cccnc2)cc1. The number of rotatable bonds is 6. The number of urea groups is 1. The molecule has 0 fully saturated rings. The topological polar surface area (TPSA) is 71.1 Å². The Morgan fingerprint density at radius 3 is 2.57 bits per heavy atom. The van der Waals surface area contributed by atoms with Gasteiger partial charge in [-0.1, -0.05) is 30.3 Å². The maximum Gasteiger partial charge on any atom is 0.315 e. The first kappa shape index (κ1) is 17.1. The molecule has 0 aliphatic rings. The third kappa shape index (κ3) is 5.49. The zero-order valence-corrected chi connectivity index (χ0v) is 14.1. The fourth-order valence-corrected chi connectivity index (χ4v) is 2.53. The molecule has 0 aliphatic heterocycles. The van der Waals surface area contributed by atoms with E-state index in [0.29, 0.717) is 12.3 Å². The number of aromatic nitrogens is 1. The van der Waals surface area contributed by atoms with E-state index in [9.17, 15) is 9.00 Å². The molecular weight excluding hydrogens is 310 g/mol. The first-order valence-electron chi connectivity index (χ1n) is 7.41. The number of carbonyl (C=O) groups excluding carboxylic acids is 1. The molecule has 5 nitrogen and oxygen atoms in total. The van der Waals surface area contributed by atoms with Crippen LogP contribution in [0.25, 0.3) is 11.1 Å². The molecule has 0 radical (unpaired) electrons. The van der Waals surface area contributed by atoms with Gasteiger partial charge in [-0.25, -0.2) is 4.79 Å². The van der Waals surface area contributed by atoms with E-state index in [1.54, 1.807) is 12.5 Å². The number of pyridine rings is 1. The summed E-state index contributed by atoms with van der Waals surface area (Å²) < 4.78 is 11.0. The molecular formula is C17H21N3O2S. The lowest BCUT2D eigenvalue weighted by Gasteiger charge is -2.15. The van der Waals surface area contributed by atoms with Crippen LogP contribution in [-0.2, 0) is 10.8 Å². The minimum atomic E-state index is -0.899. The number of benzene rings is 1. The van der Waals surface area contributed by atoms with Gasteiger partial charge in [0.1, 0.15) is 0 Å². The van der Waals surface area contributed by atoms with Crippen LogP contribution in [0.2, 0.25) is 0 Å². The van der Waals surface area contributed by atoms with Crippen molar-refractivity contribution in [3.8, 4) is 11.1 Å². The van der Waals surface area contributed by atoms with E-state index in [1.807, 2.05) is 49.5 Å². The summed E-state index contributed by atoms with van der Waals surface area (Å²) in [6, 6.07) is 11.6. The second kappa shape index (κ2) is 8.43. The summed E-state index contributed by atoms with van der Waals surface area (Å²) in [4.78, 5) is 15.9. The smallest absolute Gasteiger partial charge is 0.315 e. The van der Waals surface area contributed by atoms with Crippen LogP contribution in [0.5, 0.6) is 0 Å². The van der Waals surface area contributed by atoms with Crippen molar-refractivity contribution in [1.82, 2.24) is 15.6 Å². The Morgan fingerprint density at radius 2 is 1.96 bits per heavy atom. The van der Waals surface area contributed by atoms with E-state index < -0.39 is 10.8 Å². The van der Waals surface area contributed by atoms with Crippen molar-refractivity contribution in [3.05, 3.63) is 54.4 Å². The van der Waals surface area contributed by atoms with Crippen molar-refractivity contribution in [2.24, 2.45) is 0 Å². The average Bonchev–Trinajstić information content (AvgIpc) is 2.55. The van der Waals surface area contributed by atoms with Crippen LogP contribution in [-0.4, -0.2) is 33.8 Å². The Bertz CT molecular complexity index is 659. The molecule has 1 aromatic heterocycles. The third-order valence-electron chi connectivity index (χ3n) is 3.43. The van der Waals surface area contributed by atoms with Crippen molar-refractivity contribution >= 4 is 16.8 Å². The van der Waals surface area contributed by atoms with Gasteiger partial charge in [0.15, 0.2) is 0 Å². The lowest BCUT2D eigenvalue weighted by atomic mass is 10.0. The highest BCUT2D eigenvalue weighted by molar-refractivity contribution is 7.84. The Balaban J connectivity index is 1.91. The van der Waals surface area contributed by atoms with Crippen molar-refractivity contribution in [2.75, 3.05) is 18.6 Å². The van der Waals surface area contributed by atoms with E-state index >= 15 is 0 Å². The molecule has 0 saturated heterocycles. The Hall–Kier alpha value is -2.21. The standard InChI is InChI=1S/C17H21N3O2S/c1-13(20-17(21)19-10-11-23(2)22)14-5-7-15(8-6-14)16-4-3-9-18-12-16/h3-9,12-13H,10-11H2,1-2H3,(H2,19,20,21)/t13-,23+/m1/s1. The average molecular weight is 331 g/mol. The summed E-state index contributed by atoms with van der Waals surface area (Å²) in [6.45, 7) is 2.33. The van der Waals surface area contributed by atoms with Crippen molar-refractivity contribution in [3.63, 3.8) is 0 Å². The third-order valence-corrected chi connectivity index (χ3v) is 4.21. The number of hydrogen-bond donors (Lipinski definition) is 2. The molecule has 122 valence electrons. The lowest BCUT2D eigenvalue weighted by Crippen LogP contribution is -2.38. The van der Waals surface area contributed by atoms with Crippen LogP contribution in [0, 0.1) is 0 Å². The number of hydrogen-bond acceptors (Lipinski definition) is 3. The molecule has 2 amide bonds. The van der Waals surface area contributed by atoms with Crippen LogP contribution in [0.3, 0.4) is 0 Å². The quantitative estimate of drug-likeness (QED) is 0.854. The zero-order valence-electron chi connectivity index (χ0n) is 13.3. The van der Waals surface area contributed by atoms with Crippen molar-refractivity contribution in [1.29, 1.82) is 0 Å². The van der Waals surface area contributed by atoms with E-state index in [-0.39, 0.29) is 12.1 Å². The highest BCUT2D eigenvalue weighted by Gasteiger charge is 2.09. The van der Waals surface area contributed by atoms with Gasteiger partial charge >= 0.3 is 6.03 Å². The molecule has 2 aromatic rings. The van der Waals surface area contributed by atoms with Gasteiger partial charge in [0.25, 0.3) is 0 Å². The molecule has 23 heavy (non-hydrogen) atoms. The summed E-state index contributed by atoms with van der Waals surface area (Å²) in [5.41, 5.74) is 3.17. The summed E-state index contributed by atoms with van der Waals surface area (Å²) >= 11 is 0. The molecule has 0 saturated carbocycles. The molecule has 6 heteroatoms. The van der Waals surface area contributed by atoms with E-state index in [0.717, 1.165) is 16.7 Å². The zero-order chi connectivity index (χ0) is 16.7. The van der Waals surface area contributed by atoms with Gasteiger partial charge < -0.3 is 10.6 Å². The van der Waals surface area contributed by atoms with E-state index in [2.05, 4.69) is 15.6 Å². The predicted molar refractivity (Wildman–Crippen MR) is 93.6 cm³/mol. The van der Waals surface area contributed by atoms with Gasteiger partial charge in [0.2, 0.25) is 0 Å². The summed E-state index contributed by atoms with van der Waals surface area (Å²) in [6.07, 6.45) is 5.18. The summed E-state index contributed by atoms with van der Waals surface area (Å²) in [5, 5.41) is 5.57. The van der Waals surface area contributed by atoms with Crippen LogP contribution >= 0.6 is 0 Å². The number of carbonyl (C=O) groups is 1. The van der Waals surface area contributed by atoms with Crippen LogP contribution in [0.15, 0.2) is 48.8 Å². The Morgan fingerprint density at radius 1 is 1.22 bits per heavy atom. The Kier molecular flexibility index (Phi) is 6.29. The largest absolute Gasteiger partial charge is 0.337 e. The fraction of sp³-hybridized carbons (Fsp3) is 0.294. The molecule has 0 spiro atoms. The molecule has 2 N–H and O–H groups in total. The van der Waals surface area contributed by atoms with Crippen molar-refractivity contribution in [2.45, 2.75) is 13.0 Å². The number of nitrogens with zero attached hydrogens (tertiary/aromatic N) is 1. The van der Waals surface area contributed by atoms with Gasteiger partial charge in [0, 0.05) is 41.7 Å². The van der Waals surface area contributed by atoms with Gasteiger partial charge in [-0.05, 0) is 29.7 Å². The molecule has 0 aliphatic carbocycles. The molecule has 1 heterocycles. The highest BCUT2D eigenvalue weighted by atomic mass is 32.2.